The zero-order chi connectivity index (χ0) is 21.9. The van der Waals surface area contributed by atoms with Gasteiger partial charge in [0.1, 0.15) is 5.69 Å². The van der Waals surface area contributed by atoms with Gasteiger partial charge in [0.15, 0.2) is 0 Å². The van der Waals surface area contributed by atoms with Crippen LogP contribution in [0.15, 0.2) is 71.8 Å². The van der Waals surface area contributed by atoms with Crippen LogP contribution in [0.1, 0.15) is 11.3 Å². The van der Waals surface area contributed by atoms with Gasteiger partial charge in [0.05, 0.1) is 30.8 Å². The van der Waals surface area contributed by atoms with E-state index in [-0.39, 0.29) is 0 Å². The third kappa shape index (κ3) is 4.02. The number of ether oxygens (including phenoxy) is 1. The normalized spacial score (nSPS) is 13.8. The molecule has 0 N–H and O–H groups in total. The summed E-state index contributed by atoms with van der Waals surface area (Å²) in [7, 11) is 0. The van der Waals surface area contributed by atoms with Gasteiger partial charge in [-0.2, -0.15) is 0 Å². The molecule has 0 radical (unpaired) electrons. The van der Waals surface area contributed by atoms with Gasteiger partial charge in [-0.1, -0.05) is 49.0 Å². The topological polar surface area (TPSA) is 77.2 Å². The third-order valence-electron chi connectivity index (χ3n) is 5.51. The number of hydrogen-bond acceptors (Lipinski definition) is 7. The molecule has 2 aromatic heterocycles. The predicted molar refractivity (Wildman–Crippen MR) is 122 cm³/mol. The molecule has 1 saturated heterocycles. The number of nitrogens with zero attached hydrogens (tertiary/aromatic N) is 5. The number of hydrogen-bond donors (Lipinski definition) is 0. The van der Waals surface area contributed by atoms with E-state index >= 15 is 0 Å². The first-order chi connectivity index (χ1) is 15.7. The minimum absolute atomic E-state index is 0.355. The van der Waals surface area contributed by atoms with Crippen LogP contribution in [-0.4, -0.2) is 51.4 Å². The van der Waals surface area contributed by atoms with E-state index in [1.54, 1.807) is 6.20 Å². The summed E-state index contributed by atoms with van der Waals surface area (Å²) in [5, 5.41) is 8.38. The Morgan fingerprint density at radius 1 is 0.906 bits per heavy atom. The Hall–Kier alpha value is -3.84. The maximum atomic E-state index is 5.89. The molecule has 3 heterocycles. The fraction of sp³-hybridized carbons (Fsp3) is 0.200. The van der Waals surface area contributed by atoms with Crippen LogP contribution in [0.5, 0.6) is 0 Å². The van der Waals surface area contributed by atoms with Gasteiger partial charge < -0.3 is 14.1 Å². The van der Waals surface area contributed by atoms with Gasteiger partial charge in [-0.3, -0.25) is 4.98 Å². The first-order valence-electron chi connectivity index (χ1n) is 10.5. The van der Waals surface area contributed by atoms with Crippen molar-refractivity contribution in [3.05, 3.63) is 78.6 Å². The van der Waals surface area contributed by atoms with Crippen LogP contribution in [0.2, 0.25) is 0 Å². The molecule has 0 aliphatic carbocycles. The summed E-state index contributed by atoms with van der Waals surface area (Å²) in [5.74, 6) is 0.811. The van der Waals surface area contributed by atoms with Crippen LogP contribution < -0.4 is 0 Å². The average Bonchev–Trinajstić information content (AvgIpc) is 3.35. The fourth-order valence-corrected chi connectivity index (χ4v) is 3.66. The molecule has 0 spiro atoms. The molecule has 160 valence electrons. The molecule has 0 saturated carbocycles. The van der Waals surface area contributed by atoms with Crippen LogP contribution in [0, 0.1) is 6.92 Å². The van der Waals surface area contributed by atoms with Crippen molar-refractivity contribution < 1.29 is 9.15 Å². The van der Waals surface area contributed by atoms with Gasteiger partial charge in [-0.25, -0.2) is 4.98 Å². The zero-order valence-corrected chi connectivity index (χ0v) is 17.9. The molecular formula is C25H23N5O2. The summed E-state index contributed by atoms with van der Waals surface area (Å²) in [4.78, 5) is 11.5. The molecule has 4 aromatic rings. The lowest BCUT2D eigenvalue weighted by Crippen LogP contribution is -2.34. The summed E-state index contributed by atoms with van der Waals surface area (Å²) in [6, 6.07) is 17.9. The first-order valence-corrected chi connectivity index (χ1v) is 10.5. The highest BCUT2D eigenvalue weighted by Crippen LogP contribution is 2.27. The third-order valence-corrected chi connectivity index (χ3v) is 5.51. The van der Waals surface area contributed by atoms with Crippen molar-refractivity contribution in [3.8, 4) is 34.3 Å². The van der Waals surface area contributed by atoms with E-state index in [4.69, 9.17) is 14.1 Å². The number of morpholine rings is 1. The van der Waals surface area contributed by atoms with Crippen LogP contribution in [-0.2, 0) is 4.74 Å². The van der Waals surface area contributed by atoms with E-state index in [0.29, 0.717) is 17.5 Å². The van der Waals surface area contributed by atoms with E-state index in [9.17, 15) is 0 Å². The molecule has 5 rings (SSSR count). The number of rotatable bonds is 5. The van der Waals surface area contributed by atoms with Gasteiger partial charge in [-0.15, -0.1) is 10.2 Å². The Labute approximate surface area is 186 Å². The van der Waals surface area contributed by atoms with Gasteiger partial charge >= 0.3 is 0 Å². The Balaban J connectivity index is 1.40. The smallest absolute Gasteiger partial charge is 0.268 e. The summed E-state index contributed by atoms with van der Waals surface area (Å²) in [6.45, 7) is 9.34. The van der Waals surface area contributed by atoms with Crippen LogP contribution >= 0.6 is 0 Å². The van der Waals surface area contributed by atoms with Crippen molar-refractivity contribution >= 4 is 5.70 Å². The van der Waals surface area contributed by atoms with Gasteiger partial charge in [0.25, 0.3) is 5.89 Å². The average molecular weight is 425 g/mol. The fourth-order valence-electron chi connectivity index (χ4n) is 3.66. The van der Waals surface area contributed by atoms with E-state index in [1.165, 1.54) is 0 Å². The number of aromatic nitrogens is 4. The molecule has 0 bridgehead atoms. The molecule has 7 nitrogen and oxygen atoms in total. The lowest BCUT2D eigenvalue weighted by Gasteiger charge is -2.30. The molecule has 1 fully saturated rings. The highest BCUT2D eigenvalue weighted by atomic mass is 16.5. The molecule has 32 heavy (non-hydrogen) atoms. The molecule has 1 aliphatic heterocycles. The quantitative estimate of drug-likeness (QED) is 0.467. The number of benzene rings is 2. The molecule has 1 aliphatic rings. The Bertz CT molecular complexity index is 1230. The maximum Gasteiger partial charge on any atom is 0.268 e. The second-order valence-electron chi connectivity index (χ2n) is 7.59. The van der Waals surface area contributed by atoms with Crippen molar-refractivity contribution in [2.45, 2.75) is 6.92 Å². The molecule has 0 unspecified atom stereocenters. The Morgan fingerprint density at radius 2 is 1.62 bits per heavy atom. The summed E-state index contributed by atoms with van der Waals surface area (Å²) in [6.07, 6.45) is 1.76. The van der Waals surface area contributed by atoms with E-state index < -0.39 is 0 Å². The molecule has 7 heteroatoms. The van der Waals surface area contributed by atoms with E-state index in [0.717, 1.165) is 60.1 Å². The van der Waals surface area contributed by atoms with Crippen LogP contribution in [0.3, 0.4) is 0 Å². The largest absolute Gasteiger partial charge is 0.415 e. The highest BCUT2D eigenvalue weighted by Gasteiger charge is 2.17. The maximum absolute atomic E-state index is 5.89. The lowest BCUT2D eigenvalue weighted by atomic mass is 10.1. The number of aryl methyl sites for hydroxylation is 1. The molecule has 2 aromatic carbocycles. The summed E-state index contributed by atoms with van der Waals surface area (Å²) >= 11 is 0. The van der Waals surface area contributed by atoms with Gasteiger partial charge in [0.2, 0.25) is 5.89 Å². The molecule has 0 atom stereocenters. The zero-order valence-electron chi connectivity index (χ0n) is 17.9. The van der Waals surface area contributed by atoms with Crippen molar-refractivity contribution in [1.29, 1.82) is 0 Å². The summed E-state index contributed by atoms with van der Waals surface area (Å²) < 4.78 is 11.3. The SMILES string of the molecule is C=C(c1ccc(-c2cnc(C)c(-c3nnc(-c4ccccc4)o3)n2)cc1)N1CCOCC1. The second-order valence-corrected chi connectivity index (χ2v) is 7.59. The first kappa shape index (κ1) is 20.1. The van der Waals surface area contributed by atoms with E-state index in [2.05, 4.69) is 38.8 Å². The minimum Gasteiger partial charge on any atom is -0.415 e. The minimum atomic E-state index is 0.355. The Morgan fingerprint density at radius 3 is 2.38 bits per heavy atom. The van der Waals surface area contributed by atoms with Crippen molar-refractivity contribution in [2.24, 2.45) is 0 Å². The monoisotopic (exact) mass is 425 g/mol. The highest BCUT2D eigenvalue weighted by molar-refractivity contribution is 5.68. The molecule has 0 amide bonds. The molecular weight excluding hydrogens is 402 g/mol. The summed E-state index contributed by atoms with van der Waals surface area (Å²) in [5.41, 5.74) is 5.97. The van der Waals surface area contributed by atoms with Crippen molar-refractivity contribution in [1.82, 2.24) is 25.1 Å². The van der Waals surface area contributed by atoms with Crippen LogP contribution in [0.4, 0.5) is 0 Å². The van der Waals surface area contributed by atoms with Crippen LogP contribution in [0.25, 0.3) is 40.0 Å². The Kier molecular flexibility index (Phi) is 5.47. The standard InChI is InChI=1S/C25H23N5O2/c1-17-23(25-29-28-24(32-25)21-6-4-3-5-7-21)27-22(16-26-17)20-10-8-19(9-11-20)18(2)30-12-14-31-15-13-30/h3-11,16H,2,12-15H2,1H3. The van der Waals surface area contributed by atoms with Gasteiger partial charge in [-0.05, 0) is 24.6 Å². The lowest BCUT2D eigenvalue weighted by molar-refractivity contribution is 0.0641. The second kappa shape index (κ2) is 8.72. The van der Waals surface area contributed by atoms with Crippen molar-refractivity contribution in [2.75, 3.05) is 26.3 Å². The van der Waals surface area contributed by atoms with Gasteiger partial charge in [0, 0.05) is 29.9 Å². The van der Waals surface area contributed by atoms with Crippen molar-refractivity contribution in [3.63, 3.8) is 0 Å². The predicted octanol–water partition coefficient (Wildman–Crippen LogP) is 4.47. The van der Waals surface area contributed by atoms with E-state index in [1.807, 2.05) is 49.4 Å².